The number of hydrogen-bond donors (Lipinski definition) is 0. The zero-order chi connectivity index (χ0) is 19.7. The molecule has 0 saturated carbocycles. The molecule has 6 nitrogen and oxygen atoms in total. The van der Waals surface area contributed by atoms with Crippen molar-refractivity contribution >= 4 is 11.9 Å². The molecule has 0 unspecified atom stereocenters. The Kier molecular flexibility index (Phi) is 5.25. The van der Waals surface area contributed by atoms with Crippen LogP contribution < -0.4 is 0 Å². The summed E-state index contributed by atoms with van der Waals surface area (Å²) in [5.74, 6) is -1.43. The largest absolute Gasteiger partial charge is 0.460 e. The van der Waals surface area contributed by atoms with Crippen LogP contribution in [0.5, 0.6) is 0 Å². The molecule has 0 radical (unpaired) electrons. The highest BCUT2D eigenvalue weighted by molar-refractivity contribution is 5.91. The topological polar surface area (TPSA) is 65.1 Å². The molecule has 1 spiro atoms. The van der Waals surface area contributed by atoms with Crippen molar-refractivity contribution in [2.45, 2.75) is 44.7 Å². The second-order valence-electron chi connectivity index (χ2n) is 8.03. The first-order valence-corrected chi connectivity index (χ1v) is 9.98. The van der Waals surface area contributed by atoms with E-state index >= 15 is 0 Å². The number of likely N-dealkylation sites (tertiary alicyclic amines) is 1. The van der Waals surface area contributed by atoms with Gasteiger partial charge in [0.05, 0.1) is 24.7 Å². The first-order chi connectivity index (χ1) is 13.5. The molecule has 4 rings (SSSR count). The van der Waals surface area contributed by atoms with Gasteiger partial charge >= 0.3 is 5.97 Å². The van der Waals surface area contributed by atoms with Gasteiger partial charge in [0, 0.05) is 13.2 Å². The molecule has 1 aromatic carbocycles. The molecule has 1 aromatic rings. The fourth-order valence-electron chi connectivity index (χ4n) is 4.44. The Hall–Kier alpha value is -2.18. The van der Waals surface area contributed by atoms with Crippen LogP contribution in [-0.4, -0.2) is 54.3 Å². The molecule has 2 bridgehead atoms. The number of amides is 1. The normalized spacial score (nSPS) is 30.3. The van der Waals surface area contributed by atoms with Crippen molar-refractivity contribution in [3.05, 3.63) is 48.0 Å². The average Bonchev–Trinajstić information content (AvgIpc) is 3.32. The number of rotatable bonds is 8. The first kappa shape index (κ1) is 19.2. The molecule has 0 aromatic heterocycles. The summed E-state index contributed by atoms with van der Waals surface area (Å²) in [6.07, 6.45) is 4.44. The summed E-state index contributed by atoms with van der Waals surface area (Å²) in [7, 11) is 0. The molecule has 0 N–H and O–H groups in total. The van der Waals surface area contributed by atoms with Crippen LogP contribution >= 0.6 is 0 Å². The van der Waals surface area contributed by atoms with Crippen LogP contribution in [0.1, 0.15) is 25.8 Å². The maximum Gasteiger partial charge on any atom is 0.313 e. The van der Waals surface area contributed by atoms with Crippen LogP contribution in [0.15, 0.2) is 42.5 Å². The summed E-state index contributed by atoms with van der Waals surface area (Å²) < 4.78 is 17.2. The van der Waals surface area contributed by atoms with Gasteiger partial charge in [-0.15, -0.1) is 0 Å². The van der Waals surface area contributed by atoms with Crippen molar-refractivity contribution < 1.29 is 23.8 Å². The quantitative estimate of drug-likeness (QED) is 0.390. The lowest BCUT2D eigenvalue weighted by Gasteiger charge is -2.22. The van der Waals surface area contributed by atoms with E-state index in [9.17, 15) is 9.59 Å². The van der Waals surface area contributed by atoms with Gasteiger partial charge in [-0.05, 0) is 25.8 Å². The van der Waals surface area contributed by atoms with E-state index in [0.29, 0.717) is 19.7 Å². The van der Waals surface area contributed by atoms with Crippen molar-refractivity contribution in [2.24, 2.45) is 11.8 Å². The van der Waals surface area contributed by atoms with E-state index in [1.54, 1.807) is 4.90 Å². The standard InChI is InChI=1S/C22H27NO5/c1-15(2)26-12-6-11-23-14-22-10-9-17(28-22)18(19(22)20(23)24)21(25)27-13-16-7-4-3-5-8-16/h3-5,7-10,15,17-19H,6,11-14H2,1-2H3/t17-,18-,19-,22-/m1/s1. The molecule has 3 aliphatic rings. The lowest BCUT2D eigenvalue weighted by atomic mass is 9.77. The highest BCUT2D eigenvalue weighted by Crippen LogP contribution is 2.52. The highest BCUT2D eigenvalue weighted by Gasteiger charge is 2.67. The molecule has 4 atom stereocenters. The zero-order valence-electron chi connectivity index (χ0n) is 16.4. The summed E-state index contributed by atoms with van der Waals surface area (Å²) in [5, 5.41) is 0. The second-order valence-corrected chi connectivity index (χ2v) is 8.03. The molecular formula is C22H27NO5. The van der Waals surface area contributed by atoms with E-state index in [1.807, 2.05) is 56.3 Å². The number of carbonyl (C=O) groups excluding carboxylic acids is 2. The third-order valence-electron chi connectivity index (χ3n) is 5.70. The number of fused-ring (bicyclic) bond motifs is 1. The maximum absolute atomic E-state index is 13.1. The van der Waals surface area contributed by atoms with Crippen molar-refractivity contribution in [2.75, 3.05) is 19.7 Å². The first-order valence-electron chi connectivity index (χ1n) is 9.98. The Balaban J connectivity index is 1.39. The Morgan fingerprint density at radius 1 is 1.32 bits per heavy atom. The van der Waals surface area contributed by atoms with E-state index in [0.717, 1.165) is 12.0 Å². The van der Waals surface area contributed by atoms with Crippen molar-refractivity contribution in [3.63, 3.8) is 0 Å². The predicted octanol–water partition coefficient (Wildman–Crippen LogP) is 2.33. The SMILES string of the molecule is CC(C)OCCCN1C[C@@]23C=C[C@@H](O2)[C@@H](C(=O)OCc2ccccc2)[C@@H]3C1=O. The molecule has 3 heterocycles. The summed E-state index contributed by atoms with van der Waals surface area (Å²) in [6, 6.07) is 9.55. The van der Waals surface area contributed by atoms with Crippen molar-refractivity contribution in [1.82, 2.24) is 4.90 Å². The summed E-state index contributed by atoms with van der Waals surface area (Å²) in [4.78, 5) is 27.7. The van der Waals surface area contributed by atoms with E-state index in [-0.39, 0.29) is 30.7 Å². The molecule has 28 heavy (non-hydrogen) atoms. The zero-order valence-corrected chi connectivity index (χ0v) is 16.4. The van der Waals surface area contributed by atoms with Crippen LogP contribution in [-0.2, 0) is 30.4 Å². The van der Waals surface area contributed by atoms with Gasteiger partial charge in [-0.1, -0.05) is 42.5 Å². The minimum Gasteiger partial charge on any atom is -0.460 e. The van der Waals surface area contributed by atoms with Gasteiger partial charge < -0.3 is 19.1 Å². The molecule has 3 aliphatic heterocycles. The number of benzene rings is 1. The van der Waals surface area contributed by atoms with Gasteiger partial charge in [0.1, 0.15) is 18.1 Å². The van der Waals surface area contributed by atoms with Gasteiger partial charge in [-0.3, -0.25) is 9.59 Å². The van der Waals surface area contributed by atoms with Crippen molar-refractivity contribution in [3.8, 4) is 0 Å². The number of esters is 1. The third-order valence-corrected chi connectivity index (χ3v) is 5.70. The lowest BCUT2D eigenvalue weighted by molar-refractivity contribution is -0.155. The average molecular weight is 385 g/mol. The molecular weight excluding hydrogens is 358 g/mol. The van der Waals surface area contributed by atoms with Crippen LogP contribution in [0.4, 0.5) is 0 Å². The molecule has 1 amide bonds. The summed E-state index contributed by atoms with van der Waals surface area (Å²) in [5.41, 5.74) is 0.242. The number of ether oxygens (including phenoxy) is 3. The Bertz CT molecular complexity index is 761. The minimum atomic E-state index is -0.683. The number of nitrogens with zero attached hydrogens (tertiary/aromatic N) is 1. The molecule has 6 heteroatoms. The highest BCUT2D eigenvalue weighted by atomic mass is 16.6. The van der Waals surface area contributed by atoms with Crippen LogP contribution in [0.2, 0.25) is 0 Å². The Morgan fingerprint density at radius 3 is 2.86 bits per heavy atom. The van der Waals surface area contributed by atoms with Crippen LogP contribution in [0, 0.1) is 11.8 Å². The Morgan fingerprint density at radius 2 is 2.11 bits per heavy atom. The van der Waals surface area contributed by atoms with E-state index in [4.69, 9.17) is 14.2 Å². The van der Waals surface area contributed by atoms with E-state index in [1.165, 1.54) is 0 Å². The minimum absolute atomic E-state index is 0.0157. The van der Waals surface area contributed by atoms with E-state index < -0.39 is 17.4 Å². The van der Waals surface area contributed by atoms with Gasteiger partial charge in [-0.25, -0.2) is 0 Å². The van der Waals surface area contributed by atoms with Crippen LogP contribution in [0.3, 0.4) is 0 Å². The number of hydrogen-bond acceptors (Lipinski definition) is 5. The summed E-state index contributed by atoms with van der Waals surface area (Å²) in [6.45, 7) is 5.91. The molecule has 0 aliphatic carbocycles. The van der Waals surface area contributed by atoms with Gasteiger partial charge in [-0.2, -0.15) is 0 Å². The van der Waals surface area contributed by atoms with Crippen molar-refractivity contribution in [1.29, 1.82) is 0 Å². The second kappa shape index (κ2) is 7.68. The number of carbonyl (C=O) groups is 2. The molecule has 150 valence electrons. The smallest absolute Gasteiger partial charge is 0.313 e. The Labute approximate surface area is 165 Å². The van der Waals surface area contributed by atoms with Gasteiger partial charge in [0.2, 0.25) is 5.91 Å². The summed E-state index contributed by atoms with van der Waals surface area (Å²) >= 11 is 0. The predicted molar refractivity (Wildman–Crippen MR) is 102 cm³/mol. The molecule has 2 fully saturated rings. The molecule has 2 saturated heterocycles. The maximum atomic E-state index is 13.1. The lowest BCUT2D eigenvalue weighted by Crippen LogP contribution is -2.40. The van der Waals surface area contributed by atoms with Gasteiger partial charge in [0.15, 0.2) is 0 Å². The van der Waals surface area contributed by atoms with Gasteiger partial charge in [0.25, 0.3) is 0 Å². The van der Waals surface area contributed by atoms with E-state index in [2.05, 4.69) is 0 Å². The fraction of sp³-hybridized carbons (Fsp3) is 0.545. The van der Waals surface area contributed by atoms with Crippen LogP contribution in [0.25, 0.3) is 0 Å². The third kappa shape index (κ3) is 3.47. The monoisotopic (exact) mass is 385 g/mol. The fourth-order valence-corrected chi connectivity index (χ4v) is 4.44.